The average Bonchev–Trinajstić information content (AvgIpc) is 2.54. The fourth-order valence-electron chi connectivity index (χ4n) is 2.39. The van der Waals surface area contributed by atoms with Gasteiger partial charge >= 0.3 is 6.03 Å². The van der Waals surface area contributed by atoms with Gasteiger partial charge in [-0.1, -0.05) is 26.8 Å². The zero-order valence-electron chi connectivity index (χ0n) is 14.0. The van der Waals surface area contributed by atoms with Gasteiger partial charge in [-0.25, -0.2) is 4.79 Å². The van der Waals surface area contributed by atoms with Crippen molar-refractivity contribution in [3.63, 3.8) is 0 Å². The minimum Gasteiger partial charge on any atom is -0.396 e. The fraction of sp³-hybridized carbons (Fsp3) is 0.588. The monoisotopic (exact) mass is 308 g/mol. The molecule has 5 nitrogen and oxygen atoms in total. The van der Waals surface area contributed by atoms with Crippen molar-refractivity contribution in [2.45, 2.75) is 33.6 Å². The number of benzene rings is 1. The quantitative estimate of drug-likeness (QED) is 0.723. The summed E-state index contributed by atoms with van der Waals surface area (Å²) in [5.41, 5.74) is 2.59. The first-order valence-corrected chi connectivity index (χ1v) is 7.74. The number of nitrogens with one attached hydrogen (secondary N) is 1. The molecule has 0 aliphatic carbocycles. The molecule has 0 aliphatic rings. The molecule has 2 amide bonds. The molecule has 0 spiro atoms. The Morgan fingerprint density at radius 3 is 2.27 bits per heavy atom. The first-order chi connectivity index (χ1) is 10.4. The van der Waals surface area contributed by atoms with Gasteiger partial charge in [0.15, 0.2) is 0 Å². The van der Waals surface area contributed by atoms with E-state index in [2.05, 4.69) is 19.2 Å². The number of aliphatic hydroxyl groups is 2. The molecule has 0 saturated carbocycles. The van der Waals surface area contributed by atoms with Crippen LogP contribution in [0.2, 0.25) is 0 Å². The summed E-state index contributed by atoms with van der Waals surface area (Å²) in [5.74, 6) is 0. The van der Waals surface area contributed by atoms with Crippen molar-refractivity contribution in [2.75, 3.05) is 32.1 Å². The Kier molecular flexibility index (Phi) is 6.84. The molecule has 0 saturated heterocycles. The molecule has 1 rings (SSSR count). The summed E-state index contributed by atoms with van der Waals surface area (Å²) in [6.45, 7) is 5.88. The topological polar surface area (TPSA) is 72.8 Å². The lowest BCUT2D eigenvalue weighted by atomic mass is 9.92. The predicted molar refractivity (Wildman–Crippen MR) is 89.1 cm³/mol. The number of hydrogen-bond donors (Lipinski definition) is 3. The van der Waals surface area contributed by atoms with Crippen LogP contribution in [0.3, 0.4) is 0 Å². The number of carbonyl (C=O) groups excluding carboxylic acids is 1. The van der Waals surface area contributed by atoms with Gasteiger partial charge in [-0.05, 0) is 36.1 Å². The Balaban J connectivity index is 2.76. The van der Waals surface area contributed by atoms with E-state index in [1.165, 1.54) is 16.0 Å². The zero-order chi connectivity index (χ0) is 16.8. The van der Waals surface area contributed by atoms with Gasteiger partial charge in [-0.3, -0.25) is 0 Å². The second-order valence-electron chi connectivity index (χ2n) is 6.10. The van der Waals surface area contributed by atoms with Crippen LogP contribution < -0.4 is 5.32 Å². The van der Waals surface area contributed by atoms with Gasteiger partial charge in [-0.15, -0.1) is 0 Å². The third-order valence-electron chi connectivity index (χ3n) is 3.95. The normalized spacial score (nSPS) is 11.4. The molecule has 0 aromatic heterocycles. The van der Waals surface area contributed by atoms with E-state index >= 15 is 0 Å². The fourth-order valence-corrected chi connectivity index (χ4v) is 2.39. The van der Waals surface area contributed by atoms with Crippen LogP contribution in [0.1, 0.15) is 31.9 Å². The van der Waals surface area contributed by atoms with Crippen LogP contribution in [-0.4, -0.2) is 48.0 Å². The first-order valence-electron chi connectivity index (χ1n) is 7.74. The molecular weight excluding hydrogens is 280 g/mol. The van der Waals surface area contributed by atoms with Crippen LogP contribution in [-0.2, 0) is 12.8 Å². The molecule has 0 fully saturated rings. The summed E-state index contributed by atoms with van der Waals surface area (Å²) in [6.07, 6.45) is 1.90. The standard InChI is InChI=1S/C17H28N2O3/c1-5-13-7-8-15(9-14(13)6-2)18-16(22)19(4)10-17(3,11-20)12-21/h7-9,20-21H,5-6,10-12H2,1-4H3,(H,18,22). The number of amides is 2. The molecule has 3 N–H and O–H groups in total. The van der Waals surface area contributed by atoms with Crippen LogP contribution in [0.5, 0.6) is 0 Å². The van der Waals surface area contributed by atoms with E-state index in [1.807, 2.05) is 18.2 Å². The van der Waals surface area contributed by atoms with Gasteiger partial charge in [0.25, 0.3) is 0 Å². The average molecular weight is 308 g/mol. The van der Waals surface area contributed by atoms with Crippen molar-refractivity contribution < 1.29 is 15.0 Å². The first kappa shape index (κ1) is 18.5. The van der Waals surface area contributed by atoms with Gasteiger partial charge in [0.2, 0.25) is 0 Å². The summed E-state index contributed by atoms with van der Waals surface area (Å²) in [7, 11) is 1.65. The van der Waals surface area contributed by atoms with Crippen molar-refractivity contribution in [2.24, 2.45) is 5.41 Å². The summed E-state index contributed by atoms with van der Waals surface area (Å²) >= 11 is 0. The Labute approximate surface area is 133 Å². The van der Waals surface area contributed by atoms with Gasteiger partial charge in [0.1, 0.15) is 0 Å². The summed E-state index contributed by atoms with van der Waals surface area (Å²) in [6, 6.07) is 5.70. The smallest absolute Gasteiger partial charge is 0.321 e. The van der Waals surface area contributed by atoms with E-state index in [0.29, 0.717) is 0 Å². The molecule has 0 radical (unpaired) electrons. The second kappa shape index (κ2) is 8.15. The molecule has 0 heterocycles. The number of anilines is 1. The summed E-state index contributed by atoms with van der Waals surface area (Å²) in [4.78, 5) is 13.7. The Morgan fingerprint density at radius 1 is 1.18 bits per heavy atom. The number of carbonyl (C=O) groups is 1. The maximum absolute atomic E-state index is 12.2. The summed E-state index contributed by atoms with van der Waals surface area (Å²) in [5, 5.41) is 21.5. The van der Waals surface area contributed by atoms with Crippen molar-refractivity contribution in [1.29, 1.82) is 0 Å². The van der Waals surface area contributed by atoms with Crippen LogP contribution in [0.4, 0.5) is 10.5 Å². The van der Waals surface area contributed by atoms with Crippen molar-refractivity contribution in [3.05, 3.63) is 29.3 Å². The van der Waals surface area contributed by atoms with Crippen LogP contribution >= 0.6 is 0 Å². The molecule has 1 aromatic rings. The largest absolute Gasteiger partial charge is 0.396 e. The lowest BCUT2D eigenvalue weighted by Crippen LogP contribution is -2.43. The molecule has 22 heavy (non-hydrogen) atoms. The maximum Gasteiger partial charge on any atom is 0.321 e. The van der Waals surface area contributed by atoms with Crippen molar-refractivity contribution >= 4 is 11.7 Å². The number of nitrogens with zero attached hydrogens (tertiary/aromatic N) is 1. The van der Waals surface area contributed by atoms with Crippen LogP contribution in [0.15, 0.2) is 18.2 Å². The lowest BCUT2D eigenvalue weighted by Gasteiger charge is -2.30. The molecular formula is C17H28N2O3. The minimum atomic E-state index is -0.702. The van der Waals surface area contributed by atoms with Gasteiger partial charge in [-0.2, -0.15) is 0 Å². The Bertz CT molecular complexity index is 499. The number of hydrogen-bond acceptors (Lipinski definition) is 3. The van der Waals surface area contributed by atoms with Gasteiger partial charge in [0.05, 0.1) is 13.2 Å². The van der Waals surface area contributed by atoms with Gasteiger partial charge < -0.3 is 20.4 Å². The second-order valence-corrected chi connectivity index (χ2v) is 6.10. The third kappa shape index (κ3) is 4.71. The summed E-state index contributed by atoms with van der Waals surface area (Å²) < 4.78 is 0. The molecule has 0 unspecified atom stereocenters. The highest BCUT2D eigenvalue weighted by Gasteiger charge is 2.26. The number of rotatable bonds is 7. The number of urea groups is 1. The molecule has 0 atom stereocenters. The molecule has 0 aliphatic heterocycles. The number of aliphatic hydroxyl groups excluding tert-OH is 2. The maximum atomic E-state index is 12.2. The highest BCUT2D eigenvalue weighted by Crippen LogP contribution is 2.19. The Morgan fingerprint density at radius 2 is 1.77 bits per heavy atom. The minimum absolute atomic E-state index is 0.174. The Hall–Kier alpha value is -1.59. The molecule has 0 bridgehead atoms. The number of aryl methyl sites for hydroxylation is 2. The van der Waals surface area contributed by atoms with Crippen molar-refractivity contribution in [1.82, 2.24) is 4.90 Å². The SMILES string of the molecule is CCc1ccc(NC(=O)N(C)CC(C)(CO)CO)cc1CC. The van der Waals surface area contributed by atoms with E-state index in [0.717, 1.165) is 18.5 Å². The highest BCUT2D eigenvalue weighted by molar-refractivity contribution is 5.89. The molecule has 5 heteroatoms. The highest BCUT2D eigenvalue weighted by atomic mass is 16.3. The molecule has 1 aromatic carbocycles. The van der Waals surface area contributed by atoms with Crippen LogP contribution in [0.25, 0.3) is 0 Å². The third-order valence-corrected chi connectivity index (χ3v) is 3.95. The zero-order valence-corrected chi connectivity index (χ0v) is 14.0. The lowest BCUT2D eigenvalue weighted by molar-refractivity contribution is 0.0509. The van der Waals surface area contributed by atoms with Gasteiger partial charge in [0, 0.05) is 24.7 Å². The van der Waals surface area contributed by atoms with E-state index in [4.69, 9.17) is 0 Å². The molecule has 124 valence electrons. The predicted octanol–water partition coefficient (Wildman–Crippen LogP) is 2.27. The van der Waals surface area contributed by atoms with Crippen molar-refractivity contribution in [3.8, 4) is 0 Å². The van der Waals surface area contributed by atoms with Crippen LogP contribution in [0, 0.1) is 5.41 Å². The van der Waals surface area contributed by atoms with E-state index in [9.17, 15) is 15.0 Å². The van der Waals surface area contributed by atoms with E-state index < -0.39 is 5.41 Å². The van der Waals surface area contributed by atoms with E-state index in [1.54, 1.807) is 14.0 Å². The van der Waals surface area contributed by atoms with E-state index in [-0.39, 0.29) is 25.8 Å².